The number of hydrogen-bond acceptors (Lipinski definition) is 3. The molecule has 1 aromatic carbocycles. The lowest BCUT2D eigenvalue weighted by molar-refractivity contribution is -0.109. The highest BCUT2D eigenvalue weighted by Crippen LogP contribution is 2.13. The lowest BCUT2D eigenvalue weighted by atomic mass is 10.2. The molecular weight excluding hydrogens is 256 g/mol. The Morgan fingerprint density at radius 3 is 2.63 bits per heavy atom. The van der Waals surface area contributed by atoms with Crippen molar-refractivity contribution in [3.63, 3.8) is 0 Å². The van der Waals surface area contributed by atoms with E-state index < -0.39 is 0 Å². The van der Waals surface area contributed by atoms with Gasteiger partial charge >= 0.3 is 0 Å². The molecule has 0 spiro atoms. The predicted octanol–water partition coefficient (Wildman–Crippen LogP) is 4.11. The molecule has 0 aliphatic rings. The normalized spacial score (nSPS) is 10.9. The first-order valence-electron chi connectivity index (χ1n) is 5.94. The summed E-state index contributed by atoms with van der Waals surface area (Å²) in [7, 11) is 0. The van der Waals surface area contributed by atoms with E-state index >= 15 is 0 Å². The smallest absolute Gasteiger partial charge is 0.186 e. The van der Waals surface area contributed by atoms with Gasteiger partial charge in [0.05, 0.1) is 0 Å². The number of ether oxygens (including phenoxy) is 1. The predicted molar refractivity (Wildman–Crippen MR) is 81.8 cm³/mol. The fourth-order valence-corrected chi connectivity index (χ4v) is 1.91. The zero-order valence-electron chi connectivity index (χ0n) is 11.1. The molecule has 0 atom stereocenters. The van der Waals surface area contributed by atoms with Gasteiger partial charge in [-0.3, -0.25) is 4.79 Å². The molecule has 0 fully saturated rings. The minimum Gasteiger partial charge on any atom is -0.490 e. The average molecular weight is 274 g/mol. The summed E-state index contributed by atoms with van der Waals surface area (Å²) in [6.45, 7) is 9.60. The minimum absolute atomic E-state index is 0.0866. The molecule has 0 saturated heterocycles. The third-order valence-electron chi connectivity index (χ3n) is 2.32. The molecule has 0 aliphatic carbocycles. The number of carbonyl (C=O) groups is 1. The number of hydrogen-bond donors (Lipinski definition) is 0. The molecule has 0 aliphatic heterocycles. The van der Waals surface area contributed by atoms with E-state index in [1.54, 1.807) is 13.0 Å². The van der Waals surface area contributed by atoms with Gasteiger partial charge in [0.25, 0.3) is 0 Å². The van der Waals surface area contributed by atoms with Crippen LogP contribution in [0.15, 0.2) is 67.0 Å². The van der Waals surface area contributed by atoms with Crippen molar-refractivity contribution in [3.8, 4) is 0 Å². The first-order chi connectivity index (χ1) is 9.11. The maximum absolute atomic E-state index is 10.9. The lowest BCUT2D eigenvalue weighted by Gasteiger charge is -2.07. The van der Waals surface area contributed by atoms with Crippen molar-refractivity contribution in [3.05, 3.63) is 72.5 Å². The van der Waals surface area contributed by atoms with Gasteiger partial charge in [-0.25, -0.2) is 0 Å². The van der Waals surface area contributed by atoms with Crippen molar-refractivity contribution in [2.45, 2.75) is 13.5 Å². The van der Waals surface area contributed by atoms with Crippen LogP contribution >= 0.6 is 11.8 Å². The number of thioether (sulfide) groups is 1. The van der Waals surface area contributed by atoms with Gasteiger partial charge < -0.3 is 4.74 Å². The van der Waals surface area contributed by atoms with Crippen LogP contribution in [-0.2, 0) is 16.1 Å². The summed E-state index contributed by atoms with van der Waals surface area (Å²) in [5.41, 5.74) is 2.02. The standard InChI is InChI=1S/C16H18O2S/c1-4-15(12-19-14(3)17)10-13(2)18-11-16-8-6-5-7-9-16/h4-10H,1-2,11-12H2,3H3/b15-10+. The second-order valence-corrected chi connectivity index (χ2v) is 5.10. The van der Waals surface area contributed by atoms with Gasteiger partial charge in [-0.1, -0.05) is 61.3 Å². The van der Waals surface area contributed by atoms with Crippen LogP contribution in [0.3, 0.4) is 0 Å². The van der Waals surface area contributed by atoms with Crippen LogP contribution in [0.2, 0.25) is 0 Å². The molecule has 0 bridgehead atoms. The van der Waals surface area contributed by atoms with Crippen LogP contribution in [0.4, 0.5) is 0 Å². The molecule has 1 rings (SSSR count). The summed E-state index contributed by atoms with van der Waals surface area (Å²) in [5.74, 6) is 1.16. The quantitative estimate of drug-likeness (QED) is 0.553. The first kappa shape index (κ1) is 15.3. The Kier molecular flexibility index (Phi) is 6.75. The van der Waals surface area contributed by atoms with Crippen LogP contribution in [0.1, 0.15) is 12.5 Å². The van der Waals surface area contributed by atoms with E-state index in [1.807, 2.05) is 36.4 Å². The van der Waals surface area contributed by atoms with E-state index in [1.165, 1.54) is 11.8 Å². The van der Waals surface area contributed by atoms with E-state index in [2.05, 4.69) is 13.2 Å². The third kappa shape index (κ3) is 6.67. The molecule has 19 heavy (non-hydrogen) atoms. The van der Waals surface area contributed by atoms with Crippen molar-refractivity contribution in [2.75, 3.05) is 5.75 Å². The van der Waals surface area contributed by atoms with Gasteiger partial charge in [-0.05, 0) is 17.2 Å². The molecule has 0 aromatic heterocycles. The van der Waals surface area contributed by atoms with Crippen molar-refractivity contribution in [1.82, 2.24) is 0 Å². The maximum Gasteiger partial charge on any atom is 0.186 e. The van der Waals surface area contributed by atoms with E-state index in [0.29, 0.717) is 18.1 Å². The van der Waals surface area contributed by atoms with Gasteiger partial charge in [-0.15, -0.1) is 0 Å². The van der Waals surface area contributed by atoms with Crippen LogP contribution in [0.5, 0.6) is 0 Å². The largest absolute Gasteiger partial charge is 0.490 e. The molecule has 0 unspecified atom stereocenters. The highest BCUT2D eigenvalue weighted by atomic mass is 32.2. The van der Waals surface area contributed by atoms with E-state index in [9.17, 15) is 4.79 Å². The molecule has 100 valence electrons. The maximum atomic E-state index is 10.9. The third-order valence-corrected chi connectivity index (χ3v) is 3.20. The fraction of sp³-hybridized carbons (Fsp3) is 0.188. The number of benzene rings is 1. The van der Waals surface area contributed by atoms with Crippen LogP contribution in [0.25, 0.3) is 0 Å². The number of rotatable bonds is 7. The molecule has 1 aromatic rings. The molecule has 0 amide bonds. The molecule has 3 heteroatoms. The van der Waals surface area contributed by atoms with Crippen molar-refractivity contribution in [1.29, 1.82) is 0 Å². The highest BCUT2D eigenvalue weighted by Gasteiger charge is 1.99. The van der Waals surface area contributed by atoms with Crippen LogP contribution < -0.4 is 0 Å². The molecular formula is C16H18O2S. The van der Waals surface area contributed by atoms with Gasteiger partial charge in [0, 0.05) is 12.7 Å². The Balaban J connectivity index is 2.47. The van der Waals surface area contributed by atoms with Gasteiger partial charge in [0.15, 0.2) is 5.12 Å². The van der Waals surface area contributed by atoms with E-state index in [0.717, 1.165) is 11.1 Å². The average Bonchev–Trinajstić information content (AvgIpc) is 2.42. The molecule has 0 saturated carbocycles. The van der Waals surface area contributed by atoms with Crippen molar-refractivity contribution >= 4 is 16.9 Å². The molecule has 0 radical (unpaired) electrons. The van der Waals surface area contributed by atoms with Crippen LogP contribution in [0, 0.1) is 0 Å². The van der Waals surface area contributed by atoms with Gasteiger partial charge in [0.2, 0.25) is 0 Å². The monoisotopic (exact) mass is 274 g/mol. The zero-order chi connectivity index (χ0) is 14.1. The highest BCUT2D eigenvalue weighted by molar-refractivity contribution is 8.13. The van der Waals surface area contributed by atoms with Crippen molar-refractivity contribution < 1.29 is 9.53 Å². The number of allylic oxidation sites excluding steroid dienone is 2. The van der Waals surface area contributed by atoms with E-state index in [-0.39, 0.29) is 5.12 Å². The zero-order valence-corrected chi connectivity index (χ0v) is 11.9. The fourth-order valence-electron chi connectivity index (χ4n) is 1.34. The summed E-state index contributed by atoms with van der Waals surface area (Å²) in [5, 5.41) is 0.0866. The minimum atomic E-state index is 0.0866. The summed E-state index contributed by atoms with van der Waals surface area (Å²) in [6.07, 6.45) is 3.53. The Morgan fingerprint density at radius 2 is 2.05 bits per heavy atom. The SMILES string of the molecule is C=C/C(=C\C(=C)OCc1ccccc1)CSC(C)=O. The molecule has 0 N–H and O–H groups in total. The number of carbonyl (C=O) groups excluding carboxylic acids is 1. The van der Waals surface area contributed by atoms with Gasteiger partial charge in [0.1, 0.15) is 12.4 Å². The second-order valence-electron chi connectivity index (χ2n) is 3.94. The van der Waals surface area contributed by atoms with Crippen LogP contribution in [-0.4, -0.2) is 10.9 Å². The Bertz CT molecular complexity index is 475. The summed E-state index contributed by atoms with van der Waals surface area (Å²) >= 11 is 1.25. The molecule has 0 heterocycles. The Hall–Kier alpha value is -1.74. The lowest BCUT2D eigenvalue weighted by Crippen LogP contribution is -1.93. The summed E-state index contributed by atoms with van der Waals surface area (Å²) in [6, 6.07) is 9.90. The van der Waals surface area contributed by atoms with Crippen molar-refractivity contribution in [2.24, 2.45) is 0 Å². The summed E-state index contributed by atoms with van der Waals surface area (Å²) < 4.78 is 5.55. The van der Waals surface area contributed by atoms with Gasteiger partial charge in [-0.2, -0.15) is 0 Å². The Morgan fingerprint density at radius 1 is 1.37 bits per heavy atom. The molecule has 2 nitrogen and oxygen atoms in total. The Labute approximate surface area is 118 Å². The van der Waals surface area contributed by atoms with E-state index in [4.69, 9.17) is 4.74 Å². The first-order valence-corrected chi connectivity index (χ1v) is 6.92. The second kappa shape index (κ2) is 8.38. The topological polar surface area (TPSA) is 26.3 Å². The summed E-state index contributed by atoms with van der Waals surface area (Å²) in [4.78, 5) is 10.9.